The highest BCUT2D eigenvalue weighted by atomic mass is 79.9. The van der Waals surface area contributed by atoms with Crippen molar-refractivity contribution in [1.82, 2.24) is 5.32 Å². The van der Waals surface area contributed by atoms with Crippen molar-refractivity contribution in [1.29, 1.82) is 0 Å². The number of halogens is 1. The molecular formula is C11H14BrNO2. The molecule has 0 fully saturated rings. The summed E-state index contributed by atoms with van der Waals surface area (Å²) in [5, 5.41) is 2.67. The first-order valence-electron chi connectivity index (χ1n) is 4.77. The van der Waals surface area contributed by atoms with Crippen molar-refractivity contribution in [3.05, 3.63) is 34.3 Å². The molecule has 1 N–H and O–H groups in total. The van der Waals surface area contributed by atoms with Crippen molar-refractivity contribution in [2.75, 3.05) is 0 Å². The maximum atomic E-state index is 11.2. The molecule has 82 valence electrons. The van der Waals surface area contributed by atoms with Crippen LogP contribution in [0.25, 0.3) is 0 Å². The lowest BCUT2D eigenvalue weighted by Crippen LogP contribution is -2.26. The van der Waals surface area contributed by atoms with Gasteiger partial charge < -0.3 is 10.1 Å². The molecule has 0 bridgehead atoms. The van der Waals surface area contributed by atoms with Gasteiger partial charge in [-0.2, -0.15) is 0 Å². The maximum absolute atomic E-state index is 11.2. The fourth-order valence-electron chi connectivity index (χ4n) is 1.03. The third kappa shape index (κ3) is 4.83. The topological polar surface area (TPSA) is 38.3 Å². The summed E-state index contributed by atoms with van der Waals surface area (Å²) in [5.41, 5.74) is 1.04. The van der Waals surface area contributed by atoms with Crippen molar-refractivity contribution < 1.29 is 9.53 Å². The lowest BCUT2D eigenvalue weighted by molar-refractivity contribution is 0.115. The number of amides is 1. The van der Waals surface area contributed by atoms with E-state index >= 15 is 0 Å². The van der Waals surface area contributed by atoms with E-state index < -0.39 is 0 Å². The molecule has 0 atom stereocenters. The van der Waals surface area contributed by atoms with E-state index in [0.717, 1.165) is 10.0 Å². The van der Waals surface area contributed by atoms with Crippen LogP contribution in [0, 0.1) is 0 Å². The number of nitrogens with one attached hydrogen (secondary N) is 1. The average Bonchev–Trinajstić information content (AvgIpc) is 2.16. The zero-order valence-corrected chi connectivity index (χ0v) is 10.4. The first-order chi connectivity index (χ1) is 7.08. The quantitative estimate of drug-likeness (QED) is 0.918. The molecule has 3 nitrogen and oxygen atoms in total. The van der Waals surface area contributed by atoms with Crippen LogP contribution in [-0.2, 0) is 11.3 Å². The third-order valence-electron chi connectivity index (χ3n) is 1.69. The highest BCUT2D eigenvalue weighted by Crippen LogP contribution is 2.10. The number of hydrogen-bond acceptors (Lipinski definition) is 2. The summed E-state index contributed by atoms with van der Waals surface area (Å²) in [4.78, 5) is 11.2. The number of benzene rings is 1. The summed E-state index contributed by atoms with van der Waals surface area (Å²) in [6.45, 7) is 4.12. The molecule has 15 heavy (non-hydrogen) atoms. The Morgan fingerprint density at radius 3 is 2.53 bits per heavy atom. The van der Waals surface area contributed by atoms with Gasteiger partial charge in [0.15, 0.2) is 0 Å². The molecule has 0 aliphatic heterocycles. The Balaban J connectivity index is 2.37. The van der Waals surface area contributed by atoms with E-state index in [2.05, 4.69) is 21.2 Å². The SMILES string of the molecule is CC(C)OC(=O)NCc1ccc(Br)cc1. The lowest BCUT2D eigenvalue weighted by atomic mass is 10.2. The summed E-state index contributed by atoms with van der Waals surface area (Å²) in [6.07, 6.45) is -0.470. The molecule has 1 aromatic rings. The van der Waals surface area contributed by atoms with Crippen molar-refractivity contribution in [2.24, 2.45) is 0 Å². The molecule has 0 spiro atoms. The van der Waals surface area contributed by atoms with Crippen LogP contribution in [0.1, 0.15) is 19.4 Å². The fraction of sp³-hybridized carbons (Fsp3) is 0.364. The van der Waals surface area contributed by atoms with Crippen LogP contribution >= 0.6 is 15.9 Å². The van der Waals surface area contributed by atoms with Gasteiger partial charge in [-0.25, -0.2) is 4.79 Å². The van der Waals surface area contributed by atoms with Gasteiger partial charge in [-0.15, -0.1) is 0 Å². The highest BCUT2D eigenvalue weighted by Gasteiger charge is 2.03. The Labute approximate surface area is 97.9 Å². The van der Waals surface area contributed by atoms with Crippen LogP contribution in [0.2, 0.25) is 0 Å². The number of alkyl carbamates (subject to hydrolysis) is 1. The molecule has 1 amide bonds. The summed E-state index contributed by atoms with van der Waals surface area (Å²) in [7, 11) is 0. The smallest absolute Gasteiger partial charge is 0.407 e. The van der Waals surface area contributed by atoms with Gasteiger partial charge >= 0.3 is 6.09 Å². The van der Waals surface area contributed by atoms with Crippen molar-refractivity contribution in [3.8, 4) is 0 Å². The Kier molecular flexibility index (Phi) is 4.62. The summed E-state index contributed by atoms with van der Waals surface area (Å²) in [5.74, 6) is 0. The van der Waals surface area contributed by atoms with Gasteiger partial charge in [0.05, 0.1) is 6.10 Å². The van der Waals surface area contributed by atoms with E-state index in [4.69, 9.17) is 4.74 Å². The Morgan fingerprint density at radius 2 is 2.00 bits per heavy atom. The van der Waals surface area contributed by atoms with E-state index in [1.807, 2.05) is 38.1 Å². The highest BCUT2D eigenvalue weighted by molar-refractivity contribution is 9.10. The zero-order valence-electron chi connectivity index (χ0n) is 8.79. The van der Waals surface area contributed by atoms with Crippen LogP contribution in [0.5, 0.6) is 0 Å². The van der Waals surface area contributed by atoms with Gasteiger partial charge in [0.25, 0.3) is 0 Å². The second-order valence-corrected chi connectivity index (χ2v) is 4.35. The monoisotopic (exact) mass is 271 g/mol. The van der Waals surface area contributed by atoms with Gasteiger partial charge in [-0.05, 0) is 31.5 Å². The molecule has 0 aliphatic rings. The normalized spacial score (nSPS) is 10.1. The standard InChI is InChI=1S/C11H14BrNO2/c1-8(2)15-11(14)13-7-9-3-5-10(12)6-4-9/h3-6,8H,7H2,1-2H3,(H,13,14). The molecular weight excluding hydrogens is 258 g/mol. The average molecular weight is 272 g/mol. The molecule has 1 aromatic carbocycles. The first kappa shape index (κ1) is 12.0. The number of rotatable bonds is 3. The zero-order chi connectivity index (χ0) is 11.3. The van der Waals surface area contributed by atoms with Crippen molar-refractivity contribution in [3.63, 3.8) is 0 Å². The molecule has 0 heterocycles. The molecule has 0 unspecified atom stereocenters. The Bertz CT molecular complexity index is 322. The van der Waals surface area contributed by atoms with Gasteiger partial charge in [0.2, 0.25) is 0 Å². The second kappa shape index (κ2) is 5.75. The van der Waals surface area contributed by atoms with E-state index in [0.29, 0.717) is 6.54 Å². The molecule has 0 saturated carbocycles. The molecule has 0 aliphatic carbocycles. The van der Waals surface area contributed by atoms with E-state index in [1.54, 1.807) is 0 Å². The van der Waals surface area contributed by atoms with Gasteiger partial charge in [-0.1, -0.05) is 28.1 Å². The third-order valence-corrected chi connectivity index (χ3v) is 2.22. The van der Waals surface area contributed by atoms with Gasteiger partial charge in [0.1, 0.15) is 0 Å². The van der Waals surface area contributed by atoms with Crippen LogP contribution in [0.4, 0.5) is 4.79 Å². The number of ether oxygens (including phenoxy) is 1. The first-order valence-corrected chi connectivity index (χ1v) is 5.56. The number of hydrogen-bond donors (Lipinski definition) is 1. The molecule has 0 aromatic heterocycles. The largest absolute Gasteiger partial charge is 0.447 e. The van der Waals surface area contributed by atoms with Gasteiger partial charge in [-0.3, -0.25) is 0 Å². The maximum Gasteiger partial charge on any atom is 0.407 e. The summed E-state index contributed by atoms with van der Waals surface area (Å²) < 4.78 is 5.96. The van der Waals surface area contributed by atoms with E-state index in [1.165, 1.54) is 0 Å². The van der Waals surface area contributed by atoms with Crippen LogP contribution in [0.15, 0.2) is 28.7 Å². The molecule has 0 saturated heterocycles. The van der Waals surface area contributed by atoms with Crippen molar-refractivity contribution >= 4 is 22.0 Å². The minimum absolute atomic E-state index is 0.0880. The van der Waals surface area contributed by atoms with Crippen molar-refractivity contribution in [2.45, 2.75) is 26.5 Å². The number of carbonyl (C=O) groups is 1. The van der Waals surface area contributed by atoms with E-state index in [9.17, 15) is 4.79 Å². The Hall–Kier alpha value is -1.03. The molecule has 0 radical (unpaired) electrons. The predicted octanol–water partition coefficient (Wildman–Crippen LogP) is 3.08. The van der Waals surface area contributed by atoms with Crippen LogP contribution in [-0.4, -0.2) is 12.2 Å². The molecule has 1 rings (SSSR count). The lowest BCUT2D eigenvalue weighted by Gasteiger charge is -2.09. The fourth-order valence-corrected chi connectivity index (χ4v) is 1.30. The molecule has 4 heteroatoms. The van der Waals surface area contributed by atoms with Gasteiger partial charge in [0, 0.05) is 11.0 Å². The Morgan fingerprint density at radius 1 is 1.40 bits per heavy atom. The predicted molar refractivity (Wildman–Crippen MR) is 62.6 cm³/mol. The second-order valence-electron chi connectivity index (χ2n) is 3.43. The van der Waals surface area contributed by atoms with Crippen LogP contribution in [0.3, 0.4) is 0 Å². The summed E-state index contributed by atoms with van der Waals surface area (Å²) >= 11 is 3.35. The minimum Gasteiger partial charge on any atom is -0.447 e. The number of carbonyl (C=O) groups excluding carboxylic acids is 1. The van der Waals surface area contributed by atoms with E-state index in [-0.39, 0.29) is 12.2 Å². The minimum atomic E-state index is -0.382. The van der Waals surface area contributed by atoms with Crippen LogP contribution < -0.4 is 5.32 Å². The summed E-state index contributed by atoms with van der Waals surface area (Å²) in [6, 6.07) is 7.76.